The van der Waals surface area contributed by atoms with Crippen molar-refractivity contribution in [2.24, 2.45) is 0 Å². The molecule has 0 saturated carbocycles. The van der Waals surface area contributed by atoms with E-state index < -0.39 is 4.92 Å². The molecule has 0 unspecified atom stereocenters. The Morgan fingerprint density at radius 1 is 1.30 bits per heavy atom. The number of non-ortho nitro benzene ring substituents is 1. The minimum Gasteiger partial charge on any atom is -0.376 e. The third kappa shape index (κ3) is 2.14. The first-order valence-corrected chi connectivity index (χ1v) is 5.77. The number of nitrogens with zero attached hydrogens (tertiary/aromatic N) is 4. The minimum absolute atomic E-state index is 0.0261. The van der Waals surface area contributed by atoms with Gasteiger partial charge in [0.05, 0.1) is 22.5 Å². The number of anilines is 1. The molecule has 0 bridgehead atoms. The molecule has 0 aliphatic rings. The number of benzene rings is 1. The van der Waals surface area contributed by atoms with Gasteiger partial charge < -0.3 is 9.84 Å². The summed E-state index contributed by atoms with van der Waals surface area (Å²) in [5.74, 6) is 0.493. The van der Waals surface area contributed by atoms with Crippen LogP contribution in [-0.2, 0) is 6.54 Å². The number of hydrogen-bond acceptors (Lipinski definition) is 7. The van der Waals surface area contributed by atoms with Gasteiger partial charge in [-0.05, 0) is 18.2 Å². The maximum atomic E-state index is 11.0. The average Bonchev–Trinajstić information content (AvgIpc) is 2.97. The van der Waals surface area contributed by atoms with Crippen molar-refractivity contribution < 1.29 is 9.45 Å². The lowest BCUT2D eigenvalue weighted by atomic mass is 10.1. The summed E-state index contributed by atoms with van der Waals surface area (Å²) in [6.45, 7) is 0.347. The van der Waals surface area contributed by atoms with Crippen LogP contribution in [0.4, 0.5) is 11.4 Å². The van der Waals surface area contributed by atoms with Gasteiger partial charge in [0.1, 0.15) is 5.52 Å². The zero-order valence-corrected chi connectivity index (χ0v) is 10.2. The van der Waals surface area contributed by atoms with Crippen LogP contribution in [0.15, 0.2) is 41.4 Å². The Morgan fingerprint density at radius 2 is 2.20 bits per heavy atom. The Hall–Kier alpha value is -3.03. The Kier molecular flexibility index (Phi) is 2.96. The standard InChI is InChI=1S/C12H9N5O3/c18-17(19)10-4-3-9(12-8(10)2-1-5-13-12)14-6-11-15-7-20-16-11/h1-5,7,14H,6H2. The number of fused-ring (bicyclic) bond motifs is 1. The molecule has 0 atom stereocenters. The van der Waals surface area contributed by atoms with Gasteiger partial charge in [0.2, 0.25) is 6.39 Å². The van der Waals surface area contributed by atoms with Gasteiger partial charge in [-0.1, -0.05) is 5.16 Å². The normalized spacial score (nSPS) is 10.6. The Balaban J connectivity index is 1.99. The molecule has 0 aliphatic carbocycles. The molecular formula is C12H9N5O3. The van der Waals surface area contributed by atoms with Crippen molar-refractivity contribution in [1.29, 1.82) is 0 Å². The lowest BCUT2D eigenvalue weighted by Crippen LogP contribution is -2.03. The highest BCUT2D eigenvalue weighted by molar-refractivity contribution is 5.96. The van der Waals surface area contributed by atoms with Gasteiger partial charge in [-0.2, -0.15) is 4.98 Å². The van der Waals surface area contributed by atoms with Crippen LogP contribution in [0.5, 0.6) is 0 Å². The van der Waals surface area contributed by atoms with Crippen LogP contribution in [0, 0.1) is 10.1 Å². The highest BCUT2D eigenvalue weighted by Gasteiger charge is 2.14. The molecular weight excluding hydrogens is 262 g/mol. The summed E-state index contributed by atoms with van der Waals surface area (Å²) in [5, 5.41) is 18.2. The molecule has 2 aromatic heterocycles. The molecule has 100 valence electrons. The van der Waals surface area contributed by atoms with Crippen LogP contribution in [0.3, 0.4) is 0 Å². The zero-order chi connectivity index (χ0) is 13.9. The molecule has 1 aromatic carbocycles. The smallest absolute Gasteiger partial charge is 0.278 e. The van der Waals surface area contributed by atoms with Crippen molar-refractivity contribution in [3.05, 3.63) is 52.8 Å². The zero-order valence-electron chi connectivity index (χ0n) is 10.2. The van der Waals surface area contributed by atoms with Crippen molar-refractivity contribution in [2.75, 3.05) is 5.32 Å². The van der Waals surface area contributed by atoms with Crippen LogP contribution in [0.2, 0.25) is 0 Å². The molecule has 3 aromatic rings. The molecule has 8 nitrogen and oxygen atoms in total. The van der Waals surface area contributed by atoms with E-state index in [0.717, 1.165) is 0 Å². The third-order valence-electron chi connectivity index (χ3n) is 2.79. The maximum absolute atomic E-state index is 11.0. The number of nitro benzene ring substituents is 1. The molecule has 0 amide bonds. The second kappa shape index (κ2) is 4.92. The van der Waals surface area contributed by atoms with E-state index in [9.17, 15) is 10.1 Å². The van der Waals surface area contributed by atoms with Crippen molar-refractivity contribution >= 4 is 22.3 Å². The molecule has 8 heteroatoms. The fourth-order valence-corrected chi connectivity index (χ4v) is 1.90. The van der Waals surface area contributed by atoms with Crippen LogP contribution in [0.25, 0.3) is 10.9 Å². The summed E-state index contributed by atoms with van der Waals surface area (Å²) in [5.41, 5.74) is 1.24. The molecule has 0 radical (unpaired) electrons. The van der Waals surface area contributed by atoms with Gasteiger partial charge in [-0.25, -0.2) is 0 Å². The summed E-state index contributed by atoms with van der Waals surface area (Å²) in [7, 11) is 0. The molecule has 0 spiro atoms. The molecule has 1 N–H and O–H groups in total. The predicted octanol–water partition coefficient (Wildman–Crippen LogP) is 2.14. The summed E-state index contributed by atoms with van der Waals surface area (Å²) < 4.78 is 4.63. The lowest BCUT2D eigenvalue weighted by molar-refractivity contribution is -0.383. The Morgan fingerprint density at radius 3 is 2.95 bits per heavy atom. The van der Waals surface area contributed by atoms with Gasteiger partial charge in [0, 0.05) is 12.3 Å². The van der Waals surface area contributed by atoms with Gasteiger partial charge in [-0.3, -0.25) is 15.1 Å². The third-order valence-corrected chi connectivity index (χ3v) is 2.79. The summed E-state index contributed by atoms with van der Waals surface area (Å²) >= 11 is 0. The van der Waals surface area contributed by atoms with Gasteiger partial charge in [0.25, 0.3) is 5.69 Å². The highest BCUT2D eigenvalue weighted by atomic mass is 16.6. The van der Waals surface area contributed by atoms with Crippen LogP contribution in [0.1, 0.15) is 5.82 Å². The molecule has 3 rings (SSSR count). The Labute approximate surface area is 112 Å². The average molecular weight is 271 g/mol. The van der Waals surface area contributed by atoms with E-state index in [-0.39, 0.29) is 5.69 Å². The SMILES string of the molecule is O=[N+]([O-])c1ccc(NCc2ncon2)c2ncccc12. The van der Waals surface area contributed by atoms with E-state index in [0.29, 0.717) is 29.0 Å². The van der Waals surface area contributed by atoms with Gasteiger partial charge in [-0.15, -0.1) is 0 Å². The first kappa shape index (κ1) is 12.0. The summed E-state index contributed by atoms with van der Waals surface area (Å²) in [6, 6.07) is 6.40. The Bertz CT molecular complexity index is 757. The second-order valence-electron chi connectivity index (χ2n) is 3.99. The molecule has 0 saturated heterocycles. The minimum atomic E-state index is -0.424. The van der Waals surface area contributed by atoms with Crippen molar-refractivity contribution in [2.45, 2.75) is 6.54 Å². The largest absolute Gasteiger partial charge is 0.376 e. The number of rotatable bonds is 4. The van der Waals surface area contributed by atoms with Crippen LogP contribution < -0.4 is 5.32 Å². The number of hydrogen-bond donors (Lipinski definition) is 1. The molecule has 0 fully saturated rings. The van der Waals surface area contributed by atoms with Crippen molar-refractivity contribution in [3.63, 3.8) is 0 Å². The van der Waals surface area contributed by atoms with Crippen molar-refractivity contribution in [3.8, 4) is 0 Å². The summed E-state index contributed by atoms with van der Waals surface area (Å²) in [6.07, 6.45) is 2.83. The monoisotopic (exact) mass is 271 g/mol. The first-order chi connectivity index (χ1) is 9.75. The van der Waals surface area contributed by atoms with E-state index in [4.69, 9.17) is 0 Å². The number of nitro groups is 1. The highest BCUT2D eigenvalue weighted by Crippen LogP contribution is 2.29. The number of aromatic nitrogens is 3. The van der Waals surface area contributed by atoms with Gasteiger partial charge in [0.15, 0.2) is 5.82 Å². The molecule has 2 heterocycles. The van der Waals surface area contributed by atoms with E-state index in [1.807, 2.05) is 0 Å². The van der Waals surface area contributed by atoms with E-state index in [1.54, 1.807) is 24.4 Å². The fourth-order valence-electron chi connectivity index (χ4n) is 1.90. The van der Waals surface area contributed by atoms with E-state index in [2.05, 4.69) is 25.0 Å². The maximum Gasteiger partial charge on any atom is 0.278 e. The first-order valence-electron chi connectivity index (χ1n) is 5.77. The number of nitrogens with one attached hydrogen (secondary N) is 1. The van der Waals surface area contributed by atoms with Crippen molar-refractivity contribution in [1.82, 2.24) is 15.1 Å². The lowest BCUT2D eigenvalue weighted by Gasteiger charge is -2.07. The van der Waals surface area contributed by atoms with E-state index in [1.165, 1.54) is 12.5 Å². The van der Waals surface area contributed by atoms with E-state index >= 15 is 0 Å². The van der Waals surface area contributed by atoms with Crippen LogP contribution >= 0.6 is 0 Å². The van der Waals surface area contributed by atoms with Crippen LogP contribution in [-0.4, -0.2) is 20.0 Å². The quantitative estimate of drug-likeness (QED) is 0.572. The predicted molar refractivity (Wildman–Crippen MR) is 70.0 cm³/mol. The second-order valence-corrected chi connectivity index (χ2v) is 3.99. The molecule has 0 aliphatic heterocycles. The molecule has 20 heavy (non-hydrogen) atoms. The number of pyridine rings is 1. The van der Waals surface area contributed by atoms with Gasteiger partial charge >= 0.3 is 0 Å². The summed E-state index contributed by atoms with van der Waals surface area (Å²) in [4.78, 5) is 18.7. The fraction of sp³-hybridized carbons (Fsp3) is 0.0833. The topological polar surface area (TPSA) is 107 Å².